The molecule has 0 radical (unpaired) electrons. The lowest BCUT2D eigenvalue weighted by atomic mass is 10.1. The second-order valence-electron chi connectivity index (χ2n) is 5.73. The molecule has 0 spiro atoms. The van der Waals surface area contributed by atoms with Gasteiger partial charge in [0.2, 0.25) is 0 Å². The van der Waals surface area contributed by atoms with Crippen molar-refractivity contribution in [1.82, 2.24) is 10.2 Å². The van der Waals surface area contributed by atoms with Gasteiger partial charge in [-0.3, -0.25) is 9.69 Å². The van der Waals surface area contributed by atoms with E-state index in [-0.39, 0.29) is 5.91 Å². The topological polar surface area (TPSA) is 58.4 Å². The van der Waals surface area contributed by atoms with Crippen molar-refractivity contribution < 1.29 is 4.79 Å². The molecule has 0 bridgehead atoms. The molecule has 3 N–H and O–H groups in total. The number of nitrogen functional groups attached to an aromatic ring is 1. The van der Waals surface area contributed by atoms with E-state index in [0.29, 0.717) is 17.8 Å². The molecule has 0 atom stereocenters. The van der Waals surface area contributed by atoms with Crippen LogP contribution in [0.15, 0.2) is 29.6 Å². The molecule has 4 nitrogen and oxygen atoms in total. The number of carbonyl (C=O) groups is 1. The van der Waals surface area contributed by atoms with Gasteiger partial charge in [-0.05, 0) is 48.1 Å². The Bertz CT molecular complexity index is 680. The van der Waals surface area contributed by atoms with Crippen LogP contribution < -0.4 is 11.1 Å². The number of nitrogens with zero attached hydrogens (tertiary/aromatic N) is 1. The summed E-state index contributed by atoms with van der Waals surface area (Å²) in [5, 5.41) is 5.16. The molecule has 5 heteroatoms. The van der Waals surface area contributed by atoms with Crippen molar-refractivity contribution in [2.45, 2.75) is 19.9 Å². The van der Waals surface area contributed by atoms with Gasteiger partial charge < -0.3 is 11.1 Å². The van der Waals surface area contributed by atoms with E-state index >= 15 is 0 Å². The van der Waals surface area contributed by atoms with Crippen molar-refractivity contribution in [3.8, 4) is 0 Å². The number of nitrogens with one attached hydrogen (secondary N) is 1. The van der Waals surface area contributed by atoms with Gasteiger partial charge in [0.1, 0.15) is 0 Å². The third-order valence-electron chi connectivity index (χ3n) is 4.11. The standard InChI is InChI=1S/C17H21N3OS/c1-12-2-3-14(18)10-15(12)17(21)19-6-8-20-7-4-16-13(11-20)5-9-22-16/h2-3,5,9-10H,4,6-8,11,18H2,1H3,(H,19,21). The third kappa shape index (κ3) is 3.31. The minimum atomic E-state index is -0.0435. The smallest absolute Gasteiger partial charge is 0.251 e. The van der Waals surface area contributed by atoms with E-state index < -0.39 is 0 Å². The van der Waals surface area contributed by atoms with Crippen LogP contribution in [0.1, 0.15) is 26.4 Å². The summed E-state index contributed by atoms with van der Waals surface area (Å²) in [6.45, 7) is 5.53. The molecular weight excluding hydrogens is 294 g/mol. The van der Waals surface area contributed by atoms with Gasteiger partial charge in [-0.25, -0.2) is 0 Å². The lowest BCUT2D eigenvalue weighted by Crippen LogP contribution is -2.37. The second kappa shape index (κ2) is 6.50. The lowest BCUT2D eigenvalue weighted by molar-refractivity contribution is 0.0947. The van der Waals surface area contributed by atoms with E-state index in [1.165, 1.54) is 10.4 Å². The van der Waals surface area contributed by atoms with Crippen molar-refractivity contribution >= 4 is 22.9 Å². The number of hydrogen-bond donors (Lipinski definition) is 2. The first-order valence-electron chi connectivity index (χ1n) is 7.55. The lowest BCUT2D eigenvalue weighted by Gasteiger charge is -2.26. The van der Waals surface area contributed by atoms with Crippen molar-refractivity contribution in [3.05, 3.63) is 51.2 Å². The summed E-state index contributed by atoms with van der Waals surface area (Å²) in [4.78, 5) is 16.1. The van der Waals surface area contributed by atoms with E-state index in [2.05, 4.69) is 21.7 Å². The molecule has 0 aliphatic carbocycles. The van der Waals surface area contributed by atoms with Crippen molar-refractivity contribution in [3.63, 3.8) is 0 Å². The number of fused-ring (bicyclic) bond motifs is 1. The summed E-state index contributed by atoms with van der Waals surface area (Å²) < 4.78 is 0. The number of rotatable bonds is 4. The largest absolute Gasteiger partial charge is 0.399 e. The Labute approximate surface area is 134 Å². The number of benzene rings is 1. The SMILES string of the molecule is Cc1ccc(N)cc1C(=O)NCCN1CCc2sccc2C1. The summed E-state index contributed by atoms with van der Waals surface area (Å²) in [6.07, 6.45) is 1.12. The molecule has 0 fully saturated rings. The summed E-state index contributed by atoms with van der Waals surface area (Å²) in [7, 11) is 0. The second-order valence-corrected chi connectivity index (χ2v) is 6.73. The molecule has 2 aromatic rings. The van der Waals surface area contributed by atoms with Gasteiger partial charge in [-0.2, -0.15) is 0 Å². The first-order valence-corrected chi connectivity index (χ1v) is 8.43. The summed E-state index contributed by atoms with van der Waals surface area (Å²) in [6, 6.07) is 7.65. The number of amides is 1. The number of anilines is 1. The number of thiophene rings is 1. The Morgan fingerprint density at radius 1 is 1.41 bits per heavy atom. The predicted molar refractivity (Wildman–Crippen MR) is 91.2 cm³/mol. The molecular formula is C17H21N3OS. The van der Waals surface area contributed by atoms with Gasteiger partial charge in [0.25, 0.3) is 5.91 Å². The molecule has 22 heavy (non-hydrogen) atoms. The van der Waals surface area contributed by atoms with Gasteiger partial charge in [-0.1, -0.05) is 6.07 Å². The monoisotopic (exact) mass is 315 g/mol. The number of hydrogen-bond acceptors (Lipinski definition) is 4. The predicted octanol–water partition coefficient (Wildman–Crippen LogP) is 2.43. The van der Waals surface area contributed by atoms with Crippen LogP contribution in [0.25, 0.3) is 0 Å². The van der Waals surface area contributed by atoms with Crippen molar-refractivity contribution in [2.75, 3.05) is 25.4 Å². The molecule has 1 aliphatic rings. The van der Waals surface area contributed by atoms with Crippen LogP contribution in [0.2, 0.25) is 0 Å². The highest BCUT2D eigenvalue weighted by Gasteiger charge is 2.17. The fraction of sp³-hybridized carbons (Fsp3) is 0.353. The Kier molecular flexibility index (Phi) is 4.45. The minimum absolute atomic E-state index is 0.0435. The van der Waals surface area contributed by atoms with Crippen molar-refractivity contribution in [2.24, 2.45) is 0 Å². The van der Waals surface area contributed by atoms with E-state index in [1.54, 1.807) is 6.07 Å². The molecule has 0 unspecified atom stereocenters. The Morgan fingerprint density at radius 2 is 2.27 bits per heavy atom. The van der Waals surface area contributed by atoms with E-state index in [9.17, 15) is 4.79 Å². The van der Waals surface area contributed by atoms with Crippen LogP contribution in [-0.2, 0) is 13.0 Å². The third-order valence-corrected chi connectivity index (χ3v) is 5.13. The number of nitrogens with two attached hydrogens (primary N) is 1. The van der Waals surface area contributed by atoms with Crippen LogP contribution in [0.4, 0.5) is 5.69 Å². The Morgan fingerprint density at radius 3 is 3.14 bits per heavy atom. The summed E-state index contributed by atoms with van der Waals surface area (Å²) in [5.41, 5.74) is 9.44. The molecule has 1 amide bonds. The molecule has 3 rings (SSSR count). The van der Waals surface area contributed by atoms with E-state index in [0.717, 1.165) is 31.6 Å². The summed E-state index contributed by atoms with van der Waals surface area (Å²) in [5.74, 6) is -0.0435. The van der Waals surface area contributed by atoms with Crippen LogP contribution in [0.3, 0.4) is 0 Å². The molecule has 1 aromatic carbocycles. The number of aryl methyl sites for hydroxylation is 1. The normalized spacial score (nSPS) is 14.6. The molecule has 2 heterocycles. The maximum Gasteiger partial charge on any atom is 0.251 e. The zero-order chi connectivity index (χ0) is 15.5. The van der Waals surface area contributed by atoms with Crippen LogP contribution in [-0.4, -0.2) is 30.4 Å². The van der Waals surface area contributed by atoms with Crippen LogP contribution >= 0.6 is 11.3 Å². The fourth-order valence-electron chi connectivity index (χ4n) is 2.80. The van der Waals surface area contributed by atoms with Gasteiger partial charge in [-0.15, -0.1) is 11.3 Å². The highest BCUT2D eigenvalue weighted by Crippen LogP contribution is 2.23. The minimum Gasteiger partial charge on any atom is -0.399 e. The van der Waals surface area contributed by atoms with E-state index in [4.69, 9.17) is 5.73 Å². The highest BCUT2D eigenvalue weighted by molar-refractivity contribution is 7.10. The van der Waals surface area contributed by atoms with Gasteiger partial charge in [0, 0.05) is 42.3 Å². The molecule has 0 saturated carbocycles. The zero-order valence-electron chi connectivity index (χ0n) is 12.8. The number of carbonyl (C=O) groups excluding carboxylic acids is 1. The van der Waals surface area contributed by atoms with Gasteiger partial charge in [0.15, 0.2) is 0 Å². The zero-order valence-corrected chi connectivity index (χ0v) is 13.6. The first kappa shape index (κ1) is 15.1. The van der Waals surface area contributed by atoms with Gasteiger partial charge in [0.05, 0.1) is 0 Å². The van der Waals surface area contributed by atoms with Crippen LogP contribution in [0.5, 0.6) is 0 Å². The highest BCUT2D eigenvalue weighted by atomic mass is 32.1. The maximum absolute atomic E-state index is 12.2. The molecule has 1 aromatic heterocycles. The fourth-order valence-corrected chi connectivity index (χ4v) is 3.69. The Balaban J connectivity index is 1.51. The van der Waals surface area contributed by atoms with Crippen molar-refractivity contribution in [1.29, 1.82) is 0 Å². The molecule has 1 aliphatic heterocycles. The average Bonchev–Trinajstić information content (AvgIpc) is 2.97. The average molecular weight is 315 g/mol. The summed E-state index contributed by atoms with van der Waals surface area (Å²) >= 11 is 1.85. The maximum atomic E-state index is 12.2. The van der Waals surface area contributed by atoms with E-state index in [1.807, 2.05) is 30.4 Å². The Hall–Kier alpha value is -1.85. The van der Waals surface area contributed by atoms with Crippen LogP contribution in [0, 0.1) is 6.92 Å². The first-order chi connectivity index (χ1) is 10.6. The van der Waals surface area contributed by atoms with Gasteiger partial charge >= 0.3 is 0 Å². The quantitative estimate of drug-likeness (QED) is 0.852. The molecule has 0 saturated heterocycles. The molecule has 116 valence electrons.